The lowest BCUT2D eigenvalue weighted by Crippen LogP contribution is -2.22. The second kappa shape index (κ2) is 6.91. The van der Waals surface area contributed by atoms with E-state index in [1.165, 1.54) is 6.07 Å². The lowest BCUT2D eigenvalue weighted by atomic mass is 10.1. The van der Waals surface area contributed by atoms with Gasteiger partial charge >= 0.3 is 0 Å². The number of rotatable bonds is 5. The van der Waals surface area contributed by atoms with Crippen LogP contribution < -0.4 is 10.6 Å². The van der Waals surface area contributed by atoms with Gasteiger partial charge in [0.2, 0.25) is 5.91 Å². The minimum absolute atomic E-state index is 0.00460. The number of anilines is 2. The Morgan fingerprint density at radius 1 is 1.23 bits per heavy atom. The Morgan fingerprint density at radius 3 is 2.55 bits per heavy atom. The van der Waals surface area contributed by atoms with Crippen molar-refractivity contribution in [3.63, 3.8) is 0 Å². The molecule has 0 spiro atoms. The van der Waals surface area contributed by atoms with Gasteiger partial charge in [0.25, 0.3) is 5.69 Å². The van der Waals surface area contributed by atoms with Gasteiger partial charge in [0, 0.05) is 28.0 Å². The number of nitrogens with zero attached hydrogens (tertiary/aromatic N) is 1. The molecule has 7 heteroatoms. The molecule has 0 unspecified atom stereocenters. The van der Waals surface area contributed by atoms with Crippen molar-refractivity contribution in [2.75, 3.05) is 17.2 Å². The number of nitro groups is 1. The predicted octanol–water partition coefficient (Wildman–Crippen LogP) is 3.61. The zero-order valence-electron chi connectivity index (χ0n) is 11.8. The van der Waals surface area contributed by atoms with E-state index < -0.39 is 4.92 Å². The van der Waals surface area contributed by atoms with E-state index in [0.717, 1.165) is 0 Å². The van der Waals surface area contributed by atoms with Crippen molar-refractivity contribution in [3.05, 3.63) is 63.2 Å². The van der Waals surface area contributed by atoms with E-state index >= 15 is 0 Å². The molecular formula is C15H14ClN3O3. The quantitative estimate of drug-likeness (QED) is 0.651. The van der Waals surface area contributed by atoms with Crippen molar-refractivity contribution >= 4 is 34.6 Å². The normalized spacial score (nSPS) is 10.1. The van der Waals surface area contributed by atoms with E-state index in [-0.39, 0.29) is 18.1 Å². The van der Waals surface area contributed by atoms with Crippen molar-refractivity contribution < 1.29 is 9.72 Å². The Kier molecular flexibility index (Phi) is 4.95. The summed E-state index contributed by atoms with van der Waals surface area (Å²) in [5, 5.41) is 17.1. The van der Waals surface area contributed by atoms with Crippen LogP contribution in [-0.4, -0.2) is 17.4 Å². The Bertz CT molecular complexity index is 702. The van der Waals surface area contributed by atoms with Crippen LogP contribution in [0.1, 0.15) is 5.56 Å². The number of benzene rings is 2. The summed E-state index contributed by atoms with van der Waals surface area (Å²) in [6.45, 7) is 1.64. The molecule has 0 bridgehead atoms. The molecule has 6 nitrogen and oxygen atoms in total. The van der Waals surface area contributed by atoms with Crippen molar-refractivity contribution in [2.45, 2.75) is 6.92 Å². The van der Waals surface area contributed by atoms with Gasteiger partial charge in [-0.1, -0.05) is 17.7 Å². The highest BCUT2D eigenvalue weighted by molar-refractivity contribution is 6.30. The van der Waals surface area contributed by atoms with Gasteiger partial charge in [-0.15, -0.1) is 0 Å². The van der Waals surface area contributed by atoms with Crippen LogP contribution in [0.25, 0.3) is 0 Å². The van der Waals surface area contributed by atoms with Gasteiger partial charge in [0.15, 0.2) is 0 Å². The van der Waals surface area contributed by atoms with Crippen LogP contribution in [-0.2, 0) is 4.79 Å². The molecule has 0 radical (unpaired) electrons. The van der Waals surface area contributed by atoms with E-state index in [0.29, 0.717) is 22.0 Å². The number of amides is 1. The summed E-state index contributed by atoms with van der Waals surface area (Å²) in [7, 11) is 0. The van der Waals surface area contributed by atoms with E-state index in [4.69, 9.17) is 11.6 Å². The van der Waals surface area contributed by atoms with Crippen molar-refractivity contribution in [1.29, 1.82) is 0 Å². The van der Waals surface area contributed by atoms with Gasteiger partial charge in [-0.3, -0.25) is 14.9 Å². The first-order chi connectivity index (χ1) is 10.5. The molecule has 1 amide bonds. The van der Waals surface area contributed by atoms with Crippen molar-refractivity contribution in [3.8, 4) is 0 Å². The fourth-order valence-electron chi connectivity index (χ4n) is 1.93. The van der Waals surface area contributed by atoms with Crippen LogP contribution >= 0.6 is 11.6 Å². The van der Waals surface area contributed by atoms with Crippen LogP contribution in [0.3, 0.4) is 0 Å². The van der Waals surface area contributed by atoms with Gasteiger partial charge < -0.3 is 10.6 Å². The van der Waals surface area contributed by atoms with Gasteiger partial charge in [-0.05, 0) is 37.3 Å². The minimum Gasteiger partial charge on any atom is -0.376 e. The number of halogens is 1. The van der Waals surface area contributed by atoms with Crippen LogP contribution in [0.4, 0.5) is 17.1 Å². The van der Waals surface area contributed by atoms with Crippen LogP contribution in [0, 0.1) is 17.0 Å². The lowest BCUT2D eigenvalue weighted by molar-refractivity contribution is -0.385. The lowest BCUT2D eigenvalue weighted by Gasteiger charge is -2.10. The van der Waals surface area contributed by atoms with E-state index in [1.54, 1.807) is 43.3 Å². The second-order valence-corrected chi connectivity index (χ2v) is 5.05. The standard InChI is InChI=1S/C15H14ClN3O3/c1-10-13(3-2-4-14(10)19(21)22)17-9-15(20)18-12-7-5-11(16)6-8-12/h2-8,17H,9H2,1H3,(H,18,20). The second-order valence-electron chi connectivity index (χ2n) is 4.62. The van der Waals surface area contributed by atoms with Gasteiger partial charge in [0.1, 0.15) is 0 Å². The third-order valence-electron chi connectivity index (χ3n) is 3.07. The summed E-state index contributed by atoms with van der Waals surface area (Å²) in [6, 6.07) is 11.4. The average molecular weight is 320 g/mol. The number of nitro benzene ring substituents is 1. The molecular weight excluding hydrogens is 306 g/mol. The predicted molar refractivity (Wildman–Crippen MR) is 86.4 cm³/mol. The summed E-state index contributed by atoms with van der Waals surface area (Å²) in [6.07, 6.45) is 0. The number of hydrogen-bond donors (Lipinski definition) is 2. The number of nitrogens with one attached hydrogen (secondary N) is 2. The SMILES string of the molecule is Cc1c(NCC(=O)Nc2ccc(Cl)cc2)cccc1[N+](=O)[O-]. The first kappa shape index (κ1) is 15.8. The Labute approximate surface area is 132 Å². The number of carbonyl (C=O) groups excluding carboxylic acids is 1. The van der Waals surface area contributed by atoms with Crippen LogP contribution in [0.15, 0.2) is 42.5 Å². The first-order valence-electron chi connectivity index (χ1n) is 6.50. The average Bonchev–Trinajstić information content (AvgIpc) is 2.48. The van der Waals surface area contributed by atoms with E-state index in [9.17, 15) is 14.9 Å². The zero-order valence-corrected chi connectivity index (χ0v) is 12.6. The highest BCUT2D eigenvalue weighted by atomic mass is 35.5. The maximum absolute atomic E-state index is 11.9. The molecule has 0 aromatic heterocycles. The van der Waals surface area contributed by atoms with Gasteiger partial charge in [-0.25, -0.2) is 0 Å². The summed E-state index contributed by atoms with van der Waals surface area (Å²) < 4.78 is 0. The largest absolute Gasteiger partial charge is 0.376 e. The van der Waals surface area contributed by atoms with Gasteiger partial charge in [-0.2, -0.15) is 0 Å². The highest BCUT2D eigenvalue weighted by Gasteiger charge is 2.13. The molecule has 0 saturated carbocycles. The third-order valence-corrected chi connectivity index (χ3v) is 3.32. The van der Waals surface area contributed by atoms with Crippen molar-refractivity contribution in [1.82, 2.24) is 0 Å². The third kappa shape index (κ3) is 3.95. The molecule has 0 heterocycles. The zero-order chi connectivity index (χ0) is 16.1. The maximum atomic E-state index is 11.9. The molecule has 0 aliphatic carbocycles. The first-order valence-corrected chi connectivity index (χ1v) is 6.88. The maximum Gasteiger partial charge on any atom is 0.274 e. The summed E-state index contributed by atoms with van der Waals surface area (Å²) in [4.78, 5) is 22.3. The summed E-state index contributed by atoms with van der Waals surface area (Å²) in [5.74, 6) is -0.256. The monoisotopic (exact) mass is 319 g/mol. The molecule has 2 aromatic carbocycles. The molecule has 0 aliphatic rings. The molecule has 0 aliphatic heterocycles. The van der Waals surface area contributed by atoms with Gasteiger partial charge in [0.05, 0.1) is 11.5 Å². The van der Waals surface area contributed by atoms with Crippen LogP contribution in [0.2, 0.25) is 5.02 Å². The smallest absolute Gasteiger partial charge is 0.274 e. The number of carbonyl (C=O) groups is 1. The summed E-state index contributed by atoms with van der Waals surface area (Å²) in [5.41, 5.74) is 1.70. The topological polar surface area (TPSA) is 84.3 Å². The minimum atomic E-state index is -0.450. The highest BCUT2D eigenvalue weighted by Crippen LogP contribution is 2.24. The van der Waals surface area contributed by atoms with E-state index in [2.05, 4.69) is 10.6 Å². The molecule has 0 saturated heterocycles. The molecule has 2 N–H and O–H groups in total. The molecule has 2 aromatic rings. The Hall–Kier alpha value is -2.60. The van der Waals surface area contributed by atoms with E-state index in [1.807, 2.05) is 0 Å². The number of hydrogen-bond acceptors (Lipinski definition) is 4. The fourth-order valence-corrected chi connectivity index (χ4v) is 2.05. The fraction of sp³-hybridized carbons (Fsp3) is 0.133. The molecule has 0 atom stereocenters. The molecule has 114 valence electrons. The Balaban J connectivity index is 1.98. The molecule has 22 heavy (non-hydrogen) atoms. The van der Waals surface area contributed by atoms with Crippen molar-refractivity contribution in [2.24, 2.45) is 0 Å². The van der Waals surface area contributed by atoms with Crippen LogP contribution in [0.5, 0.6) is 0 Å². The summed E-state index contributed by atoms with van der Waals surface area (Å²) >= 11 is 5.77. The Morgan fingerprint density at radius 2 is 1.91 bits per heavy atom. The molecule has 2 rings (SSSR count). The molecule has 0 fully saturated rings.